The van der Waals surface area contributed by atoms with Gasteiger partial charge >= 0.3 is 0 Å². The Bertz CT molecular complexity index is 2270. The lowest BCUT2D eigenvalue weighted by Crippen LogP contribution is -1.96. The van der Waals surface area contributed by atoms with Crippen molar-refractivity contribution in [2.75, 3.05) is 0 Å². The van der Waals surface area contributed by atoms with Gasteiger partial charge in [-0.1, -0.05) is 91.0 Å². The summed E-state index contributed by atoms with van der Waals surface area (Å²) in [5.41, 5.74) is 11.0. The Hall–Kier alpha value is -4.86. The molecule has 0 N–H and O–H groups in total. The van der Waals surface area contributed by atoms with E-state index in [1.54, 1.807) is 0 Å². The van der Waals surface area contributed by atoms with Crippen molar-refractivity contribution in [2.24, 2.45) is 0 Å². The molecule has 0 fully saturated rings. The van der Waals surface area contributed by atoms with E-state index in [-0.39, 0.29) is 0 Å². The lowest BCUT2D eigenvalue weighted by molar-refractivity contribution is 1.29. The number of hydrogen-bond acceptors (Lipinski definition) is 3. The molecule has 0 bridgehead atoms. The molecular formula is C36H20N2S. The summed E-state index contributed by atoms with van der Waals surface area (Å²) >= 11 is 1.87. The average molecular weight is 513 g/mol. The van der Waals surface area contributed by atoms with E-state index >= 15 is 0 Å². The highest BCUT2D eigenvalue weighted by Gasteiger charge is 2.24. The molecule has 8 aromatic rings. The third-order valence-corrected chi connectivity index (χ3v) is 9.08. The first kappa shape index (κ1) is 21.1. The number of nitrogens with zero attached hydrogens (tertiary/aromatic N) is 2. The molecule has 0 amide bonds. The van der Waals surface area contributed by atoms with Gasteiger partial charge in [0.15, 0.2) is 0 Å². The Morgan fingerprint density at radius 2 is 1.00 bits per heavy atom. The minimum atomic E-state index is 0.907. The van der Waals surface area contributed by atoms with Crippen molar-refractivity contribution in [1.82, 2.24) is 9.97 Å². The SMILES string of the molecule is c1ccc(-c2nc3ccccc3nc2-c2cc3c4c(c2)sc2cccc(c24)-c2cccc4cccc-3c24)cc1. The largest absolute Gasteiger partial charge is 0.244 e. The van der Waals surface area contributed by atoms with Crippen molar-refractivity contribution in [3.05, 3.63) is 121 Å². The Balaban J connectivity index is 1.45. The summed E-state index contributed by atoms with van der Waals surface area (Å²) < 4.78 is 2.60. The summed E-state index contributed by atoms with van der Waals surface area (Å²) in [4.78, 5) is 10.4. The van der Waals surface area contributed by atoms with E-state index in [0.29, 0.717) is 0 Å². The van der Waals surface area contributed by atoms with E-state index in [2.05, 4.69) is 97.1 Å². The van der Waals surface area contributed by atoms with Crippen molar-refractivity contribution in [3.8, 4) is 44.8 Å². The topological polar surface area (TPSA) is 25.8 Å². The van der Waals surface area contributed by atoms with Crippen LogP contribution >= 0.6 is 11.3 Å². The third kappa shape index (κ3) is 2.96. The van der Waals surface area contributed by atoms with Crippen LogP contribution < -0.4 is 0 Å². The molecule has 6 aromatic carbocycles. The maximum absolute atomic E-state index is 5.23. The van der Waals surface area contributed by atoms with Crippen molar-refractivity contribution >= 4 is 53.3 Å². The van der Waals surface area contributed by atoms with Crippen LogP contribution in [0.15, 0.2) is 121 Å². The fourth-order valence-corrected chi connectivity index (χ4v) is 7.51. The van der Waals surface area contributed by atoms with E-state index in [1.165, 1.54) is 53.2 Å². The van der Waals surface area contributed by atoms with Crippen LogP contribution in [0.3, 0.4) is 0 Å². The summed E-state index contributed by atoms with van der Waals surface area (Å²) in [6.07, 6.45) is 0. The molecule has 1 aliphatic rings. The minimum Gasteiger partial charge on any atom is -0.244 e. The molecular weight excluding hydrogens is 492 g/mol. The zero-order valence-electron chi connectivity index (χ0n) is 20.8. The van der Waals surface area contributed by atoms with Crippen LogP contribution in [0.2, 0.25) is 0 Å². The molecule has 0 unspecified atom stereocenters. The first-order valence-electron chi connectivity index (χ1n) is 13.2. The van der Waals surface area contributed by atoms with E-state index in [9.17, 15) is 0 Å². The summed E-state index contributed by atoms with van der Waals surface area (Å²) in [5.74, 6) is 0. The van der Waals surface area contributed by atoms with E-state index in [0.717, 1.165) is 33.5 Å². The van der Waals surface area contributed by atoms with Crippen LogP contribution in [0.1, 0.15) is 0 Å². The fourth-order valence-electron chi connectivity index (χ4n) is 6.31. The zero-order chi connectivity index (χ0) is 25.5. The summed E-state index contributed by atoms with van der Waals surface area (Å²) in [6.45, 7) is 0. The van der Waals surface area contributed by atoms with Crippen molar-refractivity contribution in [2.45, 2.75) is 0 Å². The van der Waals surface area contributed by atoms with Gasteiger partial charge in [-0.3, -0.25) is 0 Å². The van der Waals surface area contributed by atoms with E-state index in [1.807, 2.05) is 35.6 Å². The lowest BCUT2D eigenvalue weighted by atomic mass is 9.92. The molecule has 2 aromatic heterocycles. The van der Waals surface area contributed by atoms with Gasteiger partial charge in [-0.15, -0.1) is 11.3 Å². The van der Waals surface area contributed by atoms with Gasteiger partial charge in [0, 0.05) is 31.3 Å². The molecule has 1 aliphatic carbocycles. The fraction of sp³-hybridized carbons (Fsp3) is 0. The molecule has 180 valence electrons. The third-order valence-electron chi connectivity index (χ3n) is 7.97. The zero-order valence-corrected chi connectivity index (χ0v) is 21.7. The number of hydrogen-bond donors (Lipinski definition) is 0. The number of thiophene rings is 1. The first-order valence-corrected chi connectivity index (χ1v) is 14.0. The quantitative estimate of drug-likeness (QED) is 0.230. The molecule has 39 heavy (non-hydrogen) atoms. The van der Waals surface area contributed by atoms with Gasteiger partial charge in [-0.2, -0.15) is 0 Å². The molecule has 0 saturated carbocycles. The number of benzene rings is 6. The van der Waals surface area contributed by atoms with Crippen LogP contribution in [0.25, 0.3) is 86.7 Å². The summed E-state index contributed by atoms with van der Waals surface area (Å²) in [6, 6.07) is 43.4. The molecule has 0 spiro atoms. The second-order valence-corrected chi connectivity index (χ2v) is 11.2. The second-order valence-electron chi connectivity index (χ2n) is 10.2. The number of para-hydroxylation sites is 2. The summed E-state index contributed by atoms with van der Waals surface area (Å²) in [7, 11) is 0. The Morgan fingerprint density at radius 3 is 1.74 bits per heavy atom. The van der Waals surface area contributed by atoms with E-state index < -0.39 is 0 Å². The Labute approximate surface area is 228 Å². The van der Waals surface area contributed by atoms with Gasteiger partial charge in [0.1, 0.15) is 0 Å². The molecule has 0 radical (unpaired) electrons. The molecule has 9 rings (SSSR count). The monoisotopic (exact) mass is 512 g/mol. The van der Waals surface area contributed by atoms with E-state index in [4.69, 9.17) is 9.97 Å². The molecule has 3 heteroatoms. The van der Waals surface area contributed by atoms with Crippen LogP contribution in [0.4, 0.5) is 0 Å². The molecule has 0 saturated heterocycles. The normalized spacial score (nSPS) is 12.1. The predicted molar refractivity (Wildman–Crippen MR) is 165 cm³/mol. The average Bonchev–Trinajstić information content (AvgIpc) is 3.33. The van der Waals surface area contributed by atoms with Gasteiger partial charge in [-0.05, 0) is 63.4 Å². The number of fused-ring (bicyclic) bond motifs is 3. The Kier molecular flexibility index (Phi) is 4.24. The predicted octanol–water partition coefficient (Wildman–Crippen LogP) is 10.1. The standard InChI is InChI=1S/C36H20N2S/c1-2-9-22(10-3-1)35-36(38-29-17-5-4-16-28(29)37-35)23-19-27-26-14-7-12-21-11-6-13-24(32(21)26)25-15-8-18-30-33(25)34(27)31(20-23)39-30/h1-20H. The van der Waals surface area contributed by atoms with Gasteiger partial charge in [0.25, 0.3) is 0 Å². The molecule has 2 nitrogen and oxygen atoms in total. The van der Waals surface area contributed by atoms with Crippen LogP contribution in [0.5, 0.6) is 0 Å². The lowest BCUT2D eigenvalue weighted by Gasteiger charge is -2.14. The van der Waals surface area contributed by atoms with Crippen LogP contribution in [0, 0.1) is 0 Å². The molecule has 2 heterocycles. The molecule has 0 aliphatic heterocycles. The van der Waals surface area contributed by atoms with Crippen LogP contribution in [-0.2, 0) is 0 Å². The van der Waals surface area contributed by atoms with Gasteiger partial charge in [-0.25, -0.2) is 9.97 Å². The maximum Gasteiger partial charge on any atom is 0.0973 e. The number of rotatable bonds is 2. The summed E-state index contributed by atoms with van der Waals surface area (Å²) in [5, 5.41) is 5.29. The van der Waals surface area contributed by atoms with Crippen molar-refractivity contribution < 1.29 is 0 Å². The highest BCUT2D eigenvalue weighted by molar-refractivity contribution is 7.26. The highest BCUT2D eigenvalue weighted by Crippen LogP contribution is 2.51. The van der Waals surface area contributed by atoms with Crippen molar-refractivity contribution in [3.63, 3.8) is 0 Å². The van der Waals surface area contributed by atoms with Gasteiger partial charge in [0.2, 0.25) is 0 Å². The Morgan fingerprint density at radius 1 is 0.410 bits per heavy atom. The van der Waals surface area contributed by atoms with Crippen LogP contribution in [-0.4, -0.2) is 9.97 Å². The maximum atomic E-state index is 5.23. The highest BCUT2D eigenvalue weighted by atomic mass is 32.1. The van der Waals surface area contributed by atoms with Crippen molar-refractivity contribution in [1.29, 1.82) is 0 Å². The number of aromatic nitrogens is 2. The smallest absolute Gasteiger partial charge is 0.0973 e. The molecule has 0 atom stereocenters. The first-order chi connectivity index (χ1) is 19.3. The van der Waals surface area contributed by atoms with Gasteiger partial charge < -0.3 is 0 Å². The second kappa shape index (κ2) is 7.83. The minimum absolute atomic E-state index is 0.907. The van der Waals surface area contributed by atoms with Gasteiger partial charge in [0.05, 0.1) is 22.4 Å².